The van der Waals surface area contributed by atoms with Crippen LogP contribution in [-0.2, 0) is 4.79 Å². The van der Waals surface area contributed by atoms with Crippen LogP contribution in [0.25, 0.3) is 0 Å². The minimum absolute atomic E-state index is 0.0351. The lowest BCUT2D eigenvalue weighted by molar-refractivity contribution is -0.130. The van der Waals surface area contributed by atoms with Crippen molar-refractivity contribution in [2.75, 3.05) is 26.7 Å². The Bertz CT molecular complexity index is 539. The maximum absolute atomic E-state index is 13.4. The van der Waals surface area contributed by atoms with Crippen LogP contribution in [-0.4, -0.2) is 53.6 Å². The van der Waals surface area contributed by atoms with Crippen molar-refractivity contribution in [2.24, 2.45) is 0 Å². The van der Waals surface area contributed by atoms with Crippen LogP contribution < -0.4 is 0 Å². The van der Waals surface area contributed by atoms with E-state index >= 15 is 0 Å². The first-order valence-corrected chi connectivity index (χ1v) is 7.53. The maximum Gasteiger partial charge on any atom is 0.223 e. The molecule has 1 aliphatic heterocycles. The molecule has 1 amide bonds. The molecular weight excluding hydrogens is 290 g/mol. The zero-order chi connectivity index (χ0) is 16.3. The number of carbonyl (C=O) groups excluding carboxylic acids is 1. The standard InChI is InChI=1S/C16H22F2N2O2/c1-3-19(2)16(22)6-7-20-10-12(21)9-15(20)11-4-5-13(17)14(18)8-11/h4-5,8,12,15,21H,3,6-7,9-10H2,1-2H3. The maximum atomic E-state index is 13.4. The molecule has 1 fully saturated rings. The van der Waals surface area contributed by atoms with Gasteiger partial charge in [0, 0.05) is 39.1 Å². The Morgan fingerprint density at radius 3 is 2.77 bits per heavy atom. The predicted octanol–water partition coefficient (Wildman–Crippen LogP) is 1.94. The quantitative estimate of drug-likeness (QED) is 0.904. The summed E-state index contributed by atoms with van der Waals surface area (Å²) < 4.78 is 26.5. The summed E-state index contributed by atoms with van der Waals surface area (Å²) in [5.74, 6) is -1.73. The molecule has 0 aromatic heterocycles. The average molecular weight is 312 g/mol. The Kier molecular flexibility index (Phi) is 5.47. The van der Waals surface area contributed by atoms with Gasteiger partial charge in [0.05, 0.1) is 6.10 Å². The lowest BCUT2D eigenvalue weighted by Crippen LogP contribution is -2.32. The van der Waals surface area contributed by atoms with Gasteiger partial charge >= 0.3 is 0 Å². The Morgan fingerprint density at radius 2 is 2.14 bits per heavy atom. The number of hydrogen-bond acceptors (Lipinski definition) is 3. The van der Waals surface area contributed by atoms with Crippen molar-refractivity contribution in [1.29, 1.82) is 0 Å². The number of benzene rings is 1. The molecule has 0 bridgehead atoms. The van der Waals surface area contributed by atoms with E-state index in [-0.39, 0.29) is 11.9 Å². The van der Waals surface area contributed by atoms with Gasteiger partial charge in [0.15, 0.2) is 11.6 Å². The molecule has 2 rings (SSSR count). The van der Waals surface area contributed by atoms with E-state index in [9.17, 15) is 18.7 Å². The van der Waals surface area contributed by atoms with E-state index < -0.39 is 17.7 Å². The largest absolute Gasteiger partial charge is 0.392 e. The highest BCUT2D eigenvalue weighted by atomic mass is 19.2. The third-order valence-corrected chi connectivity index (χ3v) is 4.22. The molecule has 1 N–H and O–H groups in total. The molecule has 4 nitrogen and oxygen atoms in total. The molecule has 0 spiro atoms. The van der Waals surface area contributed by atoms with Gasteiger partial charge in [0.25, 0.3) is 0 Å². The first-order chi connectivity index (χ1) is 10.4. The molecule has 122 valence electrons. The third kappa shape index (κ3) is 3.81. The zero-order valence-corrected chi connectivity index (χ0v) is 12.9. The number of rotatable bonds is 5. The van der Waals surface area contributed by atoms with Crippen LogP contribution in [0.3, 0.4) is 0 Å². The van der Waals surface area contributed by atoms with Crippen molar-refractivity contribution in [1.82, 2.24) is 9.80 Å². The highest BCUT2D eigenvalue weighted by Gasteiger charge is 2.32. The minimum atomic E-state index is -0.888. The number of halogens is 2. The smallest absolute Gasteiger partial charge is 0.223 e. The van der Waals surface area contributed by atoms with Crippen molar-refractivity contribution in [3.63, 3.8) is 0 Å². The van der Waals surface area contributed by atoms with Gasteiger partial charge in [-0.1, -0.05) is 6.07 Å². The number of nitrogens with zero attached hydrogens (tertiary/aromatic N) is 2. The van der Waals surface area contributed by atoms with Gasteiger partial charge in [-0.3, -0.25) is 9.69 Å². The molecule has 1 saturated heterocycles. The molecule has 0 saturated carbocycles. The highest BCUT2D eigenvalue weighted by molar-refractivity contribution is 5.76. The molecule has 6 heteroatoms. The van der Waals surface area contributed by atoms with Gasteiger partial charge < -0.3 is 10.0 Å². The summed E-state index contributed by atoms with van der Waals surface area (Å²) in [6.07, 6.45) is 0.289. The molecule has 0 aliphatic carbocycles. The van der Waals surface area contributed by atoms with Crippen LogP contribution in [0.15, 0.2) is 18.2 Å². The molecule has 1 aliphatic rings. The number of amides is 1. The number of aliphatic hydroxyl groups is 1. The zero-order valence-electron chi connectivity index (χ0n) is 12.9. The van der Waals surface area contributed by atoms with Crippen LogP contribution in [0.2, 0.25) is 0 Å². The van der Waals surface area contributed by atoms with E-state index in [1.54, 1.807) is 11.9 Å². The second-order valence-electron chi connectivity index (χ2n) is 5.73. The normalized spacial score (nSPS) is 22.0. The Labute approximate surface area is 129 Å². The average Bonchev–Trinajstić information content (AvgIpc) is 2.87. The second-order valence-corrected chi connectivity index (χ2v) is 5.73. The van der Waals surface area contributed by atoms with Gasteiger partial charge in [0.1, 0.15) is 0 Å². The van der Waals surface area contributed by atoms with E-state index in [2.05, 4.69) is 0 Å². The first-order valence-electron chi connectivity index (χ1n) is 7.53. The number of aliphatic hydroxyl groups excluding tert-OH is 1. The fourth-order valence-corrected chi connectivity index (χ4v) is 2.80. The van der Waals surface area contributed by atoms with Crippen molar-refractivity contribution in [2.45, 2.75) is 31.9 Å². The van der Waals surface area contributed by atoms with Crippen LogP contribution in [0.4, 0.5) is 8.78 Å². The first kappa shape index (κ1) is 16.8. The molecule has 1 aromatic rings. The Hall–Kier alpha value is -1.53. The molecule has 2 unspecified atom stereocenters. The second kappa shape index (κ2) is 7.15. The van der Waals surface area contributed by atoms with E-state index in [0.717, 1.165) is 6.07 Å². The lowest BCUT2D eigenvalue weighted by atomic mass is 10.0. The van der Waals surface area contributed by atoms with E-state index in [1.165, 1.54) is 12.1 Å². The van der Waals surface area contributed by atoms with Gasteiger partial charge in [-0.05, 0) is 31.0 Å². The van der Waals surface area contributed by atoms with Crippen LogP contribution in [0.5, 0.6) is 0 Å². The van der Waals surface area contributed by atoms with Gasteiger partial charge in [-0.25, -0.2) is 8.78 Å². The van der Waals surface area contributed by atoms with Crippen LogP contribution >= 0.6 is 0 Å². The summed E-state index contributed by atoms with van der Waals surface area (Å²) in [7, 11) is 1.74. The molecule has 1 heterocycles. The molecule has 0 radical (unpaired) electrons. The highest BCUT2D eigenvalue weighted by Crippen LogP contribution is 2.32. The SMILES string of the molecule is CCN(C)C(=O)CCN1CC(O)CC1c1ccc(F)c(F)c1. The summed E-state index contributed by atoms with van der Waals surface area (Å²) in [5.41, 5.74) is 0.631. The van der Waals surface area contributed by atoms with Crippen LogP contribution in [0, 0.1) is 11.6 Å². The van der Waals surface area contributed by atoms with Crippen molar-refractivity contribution >= 4 is 5.91 Å². The lowest BCUT2D eigenvalue weighted by Gasteiger charge is -2.25. The number of hydrogen-bond donors (Lipinski definition) is 1. The van der Waals surface area contributed by atoms with E-state index in [4.69, 9.17) is 0 Å². The summed E-state index contributed by atoms with van der Waals surface area (Å²) in [4.78, 5) is 15.5. The van der Waals surface area contributed by atoms with Crippen LogP contribution in [0.1, 0.15) is 31.4 Å². The van der Waals surface area contributed by atoms with Gasteiger partial charge in [0.2, 0.25) is 5.91 Å². The minimum Gasteiger partial charge on any atom is -0.392 e. The fraction of sp³-hybridized carbons (Fsp3) is 0.562. The molecular formula is C16H22F2N2O2. The van der Waals surface area contributed by atoms with E-state index in [1.807, 2.05) is 11.8 Å². The number of carbonyl (C=O) groups is 1. The monoisotopic (exact) mass is 312 g/mol. The van der Waals surface area contributed by atoms with Crippen molar-refractivity contribution in [3.8, 4) is 0 Å². The predicted molar refractivity (Wildman–Crippen MR) is 79.2 cm³/mol. The summed E-state index contributed by atoms with van der Waals surface area (Å²) >= 11 is 0. The topological polar surface area (TPSA) is 43.8 Å². The summed E-state index contributed by atoms with van der Waals surface area (Å²) in [6.45, 7) is 3.48. The van der Waals surface area contributed by atoms with Crippen molar-refractivity contribution in [3.05, 3.63) is 35.4 Å². The van der Waals surface area contributed by atoms with Gasteiger partial charge in [-0.15, -0.1) is 0 Å². The number of β-amino-alcohol motifs (C(OH)–C–C–N with tert-alkyl or cyclic N) is 1. The Balaban J connectivity index is 2.06. The van der Waals surface area contributed by atoms with Gasteiger partial charge in [-0.2, -0.15) is 0 Å². The van der Waals surface area contributed by atoms with E-state index in [0.29, 0.717) is 38.0 Å². The Morgan fingerprint density at radius 1 is 1.41 bits per heavy atom. The molecule has 22 heavy (non-hydrogen) atoms. The molecule has 1 aromatic carbocycles. The summed E-state index contributed by atoms with van der Waals surface area (Å²) in [5, 5.41) is 9.87. The van der Waals surface area contributed by atoms with Crippen molar-refractivity contribution < 1.29 is 18.7 Å². The summed E-state index contributed by atoms with van der Waals surface area (Å²) in [6, 6.07) is 3.62. The fourth-order valence-electron chi connectivity index (χ4n) is 2.80. The third-order valence-electron chi connectivity index (χ3n) is 4.22. The number of likely N-dealkylation sites (tertiary alicyclic amines) is 1. The molecule has 2 atom stereocenters.